The summed E-state index contributed by atoms with van der Waals surface area (Å²) in [4.78, 5) is 2.58. The summed E-state index contributed by atoms with van der Waals surface area (Å²) in [6, 6.07) is 23.1. The third-order valence-electron chi connectivity index (χ3n) is 6.89. The molecular weight excluding hydrogens is 425 g/mol. The number of hydrogen-bond donors (Lipinski definition) is 0. The van der Waals surface area contributed by atoms with Crippen LogP contribution < -0.4 is 0 Å². The standard InChI is InChI=1S/C27H27Cl2NO/c1-19-6-2-3-7-20(19)10-13-30-14-11-27(12-15-30)25-9-5-4-8-24(25)26(31-27)21-16-22(28)18-23(29)17-21/h2-9,16-18,26H,10-15H2,1H3. The van der Waals surface area contributed by atoms with Gasteiger partial charge in [0.05, 0.1) is 5.60 Å². The number of piperidine rings is 1. The minimum atomic E-state index is -0.227. The third-order valence-corrected chi connectivity index (χ3v) is 7.32. The van der Waals surface area contributed by atoms with Gasteiger partial charge in [0.1, 0.15) is 6.10 Å². The number of hydrogen-bond acceptors (Lipinski definition) is 2. The van der Waals surface area contributed by atoms with E-state index in [1.807, 2.05) is 12.1 Å². The van der Waals surface area contributed by atoms with Crippen molar-refractivity contribution in [3.05, 3.63) is 105 Å². The zero-order chi connectivity index (χ0) is 21.4. The molecule has 1 spiro atoms. The van der Waals surface area contributed by atoms with Crippen LogP contribution in [0, 0.1) is 6.92 Å². The zero-order valence-corrected chi connectivity index (χ0v) is 19.3. The third kappa shape index (κ3) is 4.15. The molecule has 2 nitrogen and oxygen atoms in total. The molecule has 0 amide bonds. The number of likely N-dealkylation sites (tertiary alicyclic amines) is 1. The van der Waals surface area contributed by atoms with Crippen molar-refractivity contribution < 1.29 is 4.74 Å². The van der Waals surface area contributed by atoms with E-state index in [2.05, 4.69) is 60.4 Å². The van der Waals surface area contributed by atoms with Crippen LogP contribution in [-0.4, -0.2) is 24.5 Å². The Labute approximate surface area is 194 Å². The highest BCUT2D eigenvalue weighted by Crippen LogP contribution is 2.51. The number of aryl methyl sites for hydroxylation is 1. The van der Waals surface area contributed by atoms with Crippen molar-refractivity contribution in [1.29, 1.82) is 0 Å². The van der Waals surface area contributed by atoms with Crippen molar-refractivity contribution in [1.82, 2.24) is 4.90 Å². The summed E-state index contributed by atoms with van der Waals surface area (Å²) in [5.74, 6) is 0. The van der Waals surface area contributed by atoms with Crippen molar-refractivity contribution in [3.8, 4) is 0 Å². The van der Waals surface area contributed by atoms with Crippen LogP contribution >= 0.6 is 23.2 Å². The van der Waals surface area contributed by atoms with Crippen molar-refractivity contribution in [3.63, 3.8) is 0 Å². The van der Waals surface area contributed by atoms with Crippen LogP contribution in [0.4, 0.5) is 0 Å². The topological polar surface area (TPSA) is 12.5 Å². The van der Waals surface area contributed by atoms with E-state index in [0.29, 0.717) is 10.0 Å². The molecule has 2 aliphatic rings. The molecule has 0 bridgehead atoms. The van der Waals surface area contributed by atoms with Gasteiger partial charge in [0.15, 0.2) is 0 Å². The van der Waals surface area contributed by atoms with Gasteiger partial charge in [0.2, 0.25) is 0 Å². The van der Waals surface area contributed by atoms with E-state index in [1.165, 1.54) is 22.3 Å². The number of benzene rings is 3. The van der Waals surface area contributed by atoms with E-state index >= 15 is 0 Å². The molecule has 31 heavy (non-hydrogen) atoms. The number of fused-ring (bicyclic) bond motifs is 2. The molecule has 4 heteroatoms. The molecule has 160 valence electrons. The highest BCUT2D eigenvalue weighted by atomic mass is 35.5. The van der Waals surface area contributed by atoms with Crippen molar-refractivity contribution in [2.45, 2.75) is 37.9 Å². The summed E-state index contributed by atoms with van der Waals surface area (Å²) in [7, 11) is 0. The normalized spacial score (nSPS) is 20.2. The summed E-state index contributed by atoms with van der Waals surface area (Å²) in [5, 5.41) is 1.30. The smallest absolute Gasteiger partial charge is 0.109 e. The maximum absolute atomic E-state index is 6.84. The van der Waals surface area contributed by atoms with Gasteiger partial charge in [-0.2, -0.15) is 0 Å². The Morgan fingerprint density at radius 2 is 1.61 bits per heavy atom. The van der Waals surface area contributed by atoms with Gasteiger partial charge in [-0.1, -0.05) is 71.7 Å². The fraction of sp³-hybridized carbons (Fsp3) is 0.333. The Kier molecular flexibility index (Phi) is 5.83. The summed E-state index contributed by atoms with van der Waals surface area (Å²) < 4.78 is 6.84. The van der Waals surface area contributed by atoms with Crippen LogP contribution in [0.5, 0.6) is 0 Å². The minimum absolute atomic E-state index is 0.120. The predicted molar refractivity (Wildman–Crippen MR) is 128 cm³/mol. The molecule has 1 atom stereocenters. The number of ether oxygens (including phenoxy) is 1. The molecule has 1 fully saturated rings. The van der Waals surface area contributed by atoms with E-state index in [1.54, 1.807) is 6.07 Å². The molecule has 0 saturated carbocycles. The Balaban J connectivity index is 1.33. The summed E-state index contributed by atoms with van der Waals surface area (Å²) >= 11 is 12.6. The van der Waals surface area contributed by atoms with Crippen LogP contribution in [0.25, 0.3) is 0 Å². The molecule has 0 radical (unpaired) electrons. The summed E-state index contributed by atoms with van der Waals surface area (Å²) in [5.41, 5.74) is 6.21. The lowest BCUT2D eigenvalue weighted by atomic mass is 9.83. The van der Waals surface area contributed by atoms with Crippen molar-refractivity contribution >= 4 is 23.2 Å². The Bertz CT molecular complexity index is 1070. The van der Waals surface area contributed by atoms with Crippen molar-refractivity contribution in [2.75, 3.05) is 19.6 Å². The lowest BCUT2D eigenvalue weighted by Gasteiger charge is -2.40. The Morgan fingerprint density at radius 3 is 2.35 bits per heavy atom. The van der Waals surface area contributed by atoms with E-state index < -0.39 is 0 Å². The van der Waals surface area contributed by atoms with Gasteiger partial charge in [0, 0.05) is 29.7 Å². The lowest BCUT2D eigenvalue weighted by molar-refractivity contribution is -0.0966. The van der Waals surface area contributed by atoms with Crippen LogP contribution in [0.15, 0.2) is 66.7 Å². The fourth-order valence-corrected chi connectivity index (χ4v) is 5.70. The van der Waals surface area contributed by atoms with E-state index in [9.17, 15) is 0 Å². The van der Waals surface area contributed by atoms with Gasteiger partial charge in [-0.05, 0) is 72.2 Å². The van der Waals surface area contributed by atoms with E-state index in [0.717, 1.165) is 44.5 Å². The molecule has 0 aliphatic carbocycles. The fourth-order valence-electron chi connectivity index (χ4n) is 5.16. The van der Waals surface area contributed by atoms with Crippen molar-refractivity contribution in [2.24, 2.45) is 0 Å². The van der Waals surface area contributed by atoms with Gasteiger partial charge in [-0.3, -0.25) is 0 Å². The first-order valence-electron chi connectivity index (χ1n) is 11.0. The predicted octanol–water partition coefficient (Wildman–Crippen LogP) is 6.96. The Morgan fingerprint density at radius 1 is 0.935 bits per heavy atom. The second-order valence-corrected chi connectivity index (χ2v) is 9.67. The highest BCUT2D eigenvalue weighted by molar-refractivity contribution is 6.34. The zero-order valence-electron chi connectivity index (χ0n) is 17.8. The van der Waals surface area contributed by atoms with Crippen LogP contribution in [-0.2, 0) is 16.8 Å². The summed E-state index contributed by atoms with van der Waals surface area (Å²) in [6.07, 6.45) is 2.98. The van der Waals surface area contributed by atoms with Gasteiger partial charge >= 0.3 is 0 Å². The molecule has 5 rings (SSSR count). The van der Waals surface area contributed by atoms with E-state index in [-0.39, 0.29) is 11.7 Å². The number of rotatable bonds is 4. The molecule has 3 aromatic carbocycles. The van der Waals surface area contributed by atoms with Gasteiger partial charge < -0.3 is 9.64 Å². The Hall–Kier alpha value is -1.84. The molecule has 2 aliphatic heterocycles. The first-order chi connectivity index (χ1) is 15.0. The second-order valence-electron chi connectivity index (χ2n) is 8.80. The average molecular weight is 452 g/mol. The molecular formula is C27H27Cl2NO. The first kappa shape index (κ1) is 21.0. The number of nitrogens with zero attached hydrogens (tertiary/aromatic N) is 1. The molecule has 1 saturated heterocycles. The maximum atomic E-state index is 6.84. The van der Waals surface area contributed by atoms with Gasteiger partial charge in [0.25, 0.3) is 0 Å². The minimum Gasteiger partial charge on any atom is -0.358 e. The van der Waals surface area contributed by atoms with Gasteiger partial charge in [-0.15, -0.1) is 0 Å². The maximum Gasteiger partial charge on any atom is 0.109 e. The second kappa shape index (κ2) is 8.60. The van der Waals surface area contributed by atoms with Gasteiger partial charge in [-0.25, -0.2) is 0 Å². The SMILES string of the molecule is Cc1ccccc1CCN1CCC2(CC1)OC(c1cc(Cl)cc(Cl)c1)c1ccccc12. The number of halogens is 2. The largest absolute Gasteiger partial charge is 0.358 e. The first-order valence-corrected chi connectivity index (χ1v) is 11.8. The summed E-state index contributed by atoms with van der Waals surface area (Å²) in [6.45, 7) is 5.38. The highest BCUT2D eigenvalue weighted by Gasteiger charge is 2.46. The average Bonchev–Trinajstić information content (AvgIpc) is 3.08. The lowest BCUT2D eigenvalue weighted by Crippen LogP contribution is -2.43. The molecule has 2 heterocycles. The van der Waals surface area contributed by atoms with E-state index in [4.69, 9.17) is 27.9 Å². The monoisotopic (exact) mass is 451 g/mol. The van der Waals surface area contributed by atoms with Crippen LogP contribution in [0.2, 0.25) is 10.0 Å². The molecule has 3 aromatic rings. The molecule has 0 aromatic heterocycles. The molecule has 1 unspecified atom stereocenters. The van der Waals surface area contributed by atoms with Crippen LogP contribution in [0.1, 0.15) is 46.8 Å². The van der Waals surface area contributed by atoms with Crippen LogP contribution in [0.3, 0.4) is 0 Å². The molecule has 0 N–H and O–H groups in total. The quantitative estimate of drug-likeness (QED) is 0.425.